The summed E-state index contributed by atoms with van der Waals surface area (Å²) in [6.45, 7) is 0. The van der Waals surface area contributed by atoms with Gasteiger partial charge in [-0.2, -0.15) is 0 Å². The van der Waals surface area contributed by atoms with Gasteiger partial charge < -0.3 is 15.6 Å². The van der Waals surface area contributed by atoms with E-state index in [2.05, 4.69) is 15.9 Å². The van der Waals surface area contributed by atoms with E-state index in [1.54, 1.807) is 7.11 Å². The second kappa shape index (κ2) is 5.86. The van der Waals surface area contributed by atoms with E-state index in [0.717, 1.165) is 15.8 Å². The van der Waals surface area contributed by atoms with Crippen LogP contribution in [0.3, 0.4) is 0 Å². The lowest BCUT2D eigenvalue weighted by atomic mass is 10.1. The second-order valence-electron chi connectivity index (χ2n) is 3.45. The Morgan fingerprint density at radius 2 is 2.31 bits per heavy atom. The van der Waals surface area contributed by atoms with Crippen molar-refractivity contribution in [1.82, 2.24) is 0 Å². The van der Waals surface area contributed by atoms with E-state index in [9.17, 15) is 4.79 Å². The fourth-order valence-electron chi connectivity index (χ4n) is 1.31. The predicted molar refractivity (Wildman–Crippen MR) is 64.6 cm³/mol. The highest BCUT2D eigenvalue weighted by atomic mass is 79.9. The van der Waals surface area contributed by atoms with Gasteiger partial charge in [0.25, 0.3) is 0 Å². The summed E-state index contributed by atoms with van der Waals surface area (Å²) in [4.78, 5) is 10.5. The first-order chi connectivity index (χ1) is 7.54. The van der Waals surface area contributed by atoms with Crippen LogP contribution in [0.25, 0.3) is 0 Å². The van der Waals surface area contributed by atoms with Gasteiger partial charge >= 0.3 is 5.97 Å². The highest BCUT2D eigenvalue weighted by Gasteiger charge is 2.11. The lowest BCUT2D eigenvalue weighted by Gasteiger charge is -2.08. The van der Waals surface area contributed by atoms with E-state index in [-0.39, 0.29) is 0 Å². The number of carboxylic acid groups (broad SMARTS) is 1. The monoisotopic (exact) mass is 287 g/mol. The number of carboxylic acids is 1. The summed E-state index contributed by atoms with van der Waals surface area (Å²) in [5.41, 5.74) is 6.45. The van der Waals surface area contributed by atoms with Crippen molar-refractivity contribution in [1.29, 1.82) is 0 Å². The number of halogens is 1. The summed E-state index contributed by atoms with van der Waals surface area (Å²) < 4.78 is 5.96. The number of benzene rings is 1. The molecule has 1 atom stereocenters. The van der Waals surface area contributed by atoms with Gasteiger partial charge in [-0.05, 0) is 46.5 Å². The van der Waals surface area contributed by atoms with Crippen LogP contribution in [-0.4, -0.2) is 24.2 Å². The molecule has 4 nitrogen and oxygen atoms in total. The molecule has 0 bridgehead atoms. The van der Waals surface area contributed by atoms with Crippen molar-refractivity contribution in [2.75, 3.05) is 7.11 Å². The molecule has 1 rings (SSSR count). The van der Waals surface area contributed by atoms with Crippen LogP contribution >= 0.6 is 15.9 Å². The van der Waals surface area contributed by atoms with Gasteiger partial charge in [-0.3, -0.25) is 4.79 Å². The van der Waals surface area contributed by atoms with Crippen molar-refractivity contribution < 1.29 is 14.6 Å². The molecule has 0 aliphatic heterocycles. The Kier molecular flexibility index (Phi) is 4.76. The number of aliphatic carboxylic acids is 1. The third-order valence-corrected chi connectivity index (χ3v) is 2.90. The third-order valence-electron chi connectivity index (χ3n) is 2.28. The fourth-order valence-corrected chi connectivity index (χ4v) is 1.90. The Bertz CT molecular complexity index is 381. The van der Waals surface area contributed by atoms with Crippen LogP contribution in [0.2, 0.25) is 0 Å². The Morgan fingerprint density at radius 1 is 1.62 bits per heavy atom. The summed E-state index contributed by atoms with van der Waals surface area (Å²) in [7, 11) is 1.60. The molecular formula is C11H14BrNO3. The molecular weight excluding hydrogens is 274 g/mol. The van der Waals surface area contributed by atoms with E-state index in [1.807, 2.05) is 18.2 Å². The number of hydrogen-bond acceptors (Lipinski definition) is 3. The number of carbonyl (C=O) groups is 1. The van der Waals surface area contributed by atoms with Crippen LogP contribution in [0.1, 0.15) is 12.0 Å². The Morgan fingerprint density at radius 3 is 2.81 bits per heavy atom. The smallest absolute Gasteiger partial charge is 0.320 e. The van der Waals surface area contributed by atoms with Gasteiger partial charge in [0.15, 0.2) is 0 Å². The van der Waals surface area contributed by atoms with Crippen molar-refractivity contribution in [2.45, 2.75) is 18.9 Å². The second-order valence-corrected chi connectivity index (χ2v) is 4.31. The zero-order chi connectivity index (χ0) is 12.1. The molecule has 0 saturated carbocycles. The number of nitrogens with two attached hydrogens (primary N) is 1. The maximum absolute atomic E-state index is 10.5. The summed E-state index contributed by atoms with van der Waals surface area (Å²) in [5, 5.41) is 8.64. The van der Waals surface area contributed by atoms with Crippen LogP contribution in [0, 0.1) is 0 Å². The largest absolute Gasteiger partial charge is 0.496 e. The lowest BCUT2D eigenvalue weighted by molar-refractivity contribution is -0.138. The molecule has 0 heterocycles. The fraction of sp³-hybridized carbons (Fsp3) is 0.364. The summed E-state index contributed by atoms with van der Waals surface area (Å²) in [6.07, 6.45) is 1.06. The maximum Gasteiger partial charge on any atom is 0.320 e. The number of methoxy groups -OCH3 is 1. The number of rotatable bonds is 5. The average Bonchev–Trinajstić information content (AvgIpc) is 2.25. The minimum Gasteiger partial charge on any atom is -0.496 e. The van der Waals surface area contributed by atoms with E-state index in [4.69, 9.17) is 15.6 Å². The summed E-state index contributed by atoms with van der Waals surface area (Å²) >= 11 is 3.37. The summed E-state index contributed by atoms with van der Waals surface area (Å²) in [6, 6.07) is 4.85. The zero-order valence-corrected chi connectivity index (χ0v) is 10.5. The first kappa shape index (κ1) is 13.0. The normalized spacial score (nSPS) is 12.2. The molecule has 16 heavy (non-hydrogen) atoms. The quantitative estimate of drug-likeness (QED) is 0.866. The van der Waals surface area contributed by atoms with Crippen molar-refractivity contribution in [2.24, 2.45) is 5.73 Å². The van der Waals surface area contributed by atoms with Gasteiger partial charge in [-0.25, -0.2) is 0 Å². The molecule has 3 N–H and O–H groups in total. The highest BCUT2D eigenvalue weighted by molar-refractivity contribution is 9.10. The molecule has 0 saturated heterocycles. The van der Waals surface area contributed by atoms with Gasteiger partial charge in [-0.15, -0.1) is 0 Å². The standard InChI is InChI=1S/C11H14BrNO3/c1-16-10-5-3-7(6-8(10)12)2-4-9(13)11(14)15/h3,5-6,9H,2,4,13H2,1H3,(H,14,15). The number of aryl methyl sites for hydroxylation is 1. The molecule has 1 unspecified atom stereocenters. The SMILES string of the molecule is COc1ccc(CCC(N)C(=O)O)cc1Br. The highest BCUT2D eigenvalue weighted by Crippen LogP contribution is 2.26. The number of hydrogen-bond donors (Lipinski definition) is 2. The van der Waals surface area contributed by atoms with Gasteiger partial charge in [0.2, 0.25) is 0 Å². The van der Waals surface area contributed by atoms with Gasteiger partial charge in [0, 0.05) is 0 Å². The topological polar surface area (TPSA) is 72.5 Å². The van der Waals surface area contributed by atoms with Crippen LogP contribution in [0.15, 0.2) is 22.7 Å². The Balaban J connectivity index is 2.62. The summed E-state index contributed by atoms with van der Waals surface area (Å²) in [5.74, 6) is -0.209. The molecule has 5 heteroatoms. The van der Waals surface area contributed by atoms with Gasteiger partial charge in [0.05, 0.1) is 11.6 Å². The first-order valence-corrected chi connectivity index (χ1v) is 5.64. The Labute approximate surface area is 103 Å². The van der Waals surface area contributed by atoms with Crippen LogP contribution in [0.5, 0.6) is 5.75 Å². The molecule has 0 spiro atoms. The molecule has 0 radical (unpaired) electrons. The molecule has 0 amide bonds. The third kappa shape index (κ3) is 3.50. The van der Waals surface area contributed by atoms with Crippen molar-refractivity contribution in [3.05, 3.63) is 28.2 Å². The molecule has 1 aromatic carbocycles. The van der Waals surface area contributed by atoms with Crippen LogP contribution in [0.4, 0.5) is 0 Å². The van der Waals surface area contributed by atoms with Crippen LogP contribution < -0.4 is 10.5 Å². The minimum absolute atomic E-state index is 0.425. The van der Waals surface area contributed by atoms with E-state index in [0.29, 0.717) is 12.8 Å². The Hall–Kier alpha value is -1.07. The minimum atomic E-state index is -0.965. The molecule has 0 aliphatic carbocycles. The predicted octanol–water partition coefficient (Wildman–Crippen LogP) is 1.80. The van der Waals surface area contributed by atoms with Crippen molar-refractivity contribution >= 4 is 21.9 Å². The zero-order valence-electron chi connectivity index (χ0n) is 8.94. The van der Waals surface area contributed by atoms with Gasteiger partial charge in [0.1, 0.15) is 11.8 Å². The molecule has 1 aromatic rings. The van der Waals surface area contributed by atoms with Crippen molar-refractivity contribution in [3.63, 3.8) is 0 Å². The van der Waals surface area contributed by atoms with E-state index in [1.165, 1.54) is 0 Å². The molecule has 0 aromatic heterocycles. The van der Waals surface area contributed by atoms with Gasteiger partial charge in [-0.1, -0.05) is 6.07 Å². The van der Waals surface area contributed by atoms with Crippen LogP contribution in [-0.2, 0) is 11.2 Å². The average molecular weight is 288 g/mol. The first-order valence-electron chi connectivity index (χ1n) is 4.85. The molecule has 88 valence electrons. The number of ether oxygens (including phenoxy) is 1. The van der Waals surface area contributed by atoms with E-state index >= 15 is 0 Å². The maximum atomic E-state index is 10.5. The molecule has 0 aliphatic rings. The molecule has 0 fully saturated rings. The van der Waals surface area contributed by atoms with E-state index < -0.39 is 12.0 Å². The lowest BCUT2D eigenvalue weighted by Crippen LogP contribution is -2.30. The van der Waals surface area contributed by atoms with Crippen molar-refractivity contribution in [3.8, 4) is 5.75 Å².